The highest BCUT2D eigenvalue weighted by Crippen LogP contribution is 2.46. The lowest BCUT2D eigenvalue weighted by atomic mass is 9.88. The molecule has 2 aliphatic rings. The number of carbonyl (C=O) groups is 1. The van der Waals surface area contributed by atoms with E-state index in [-0.39, 0.29) is 11.5 Å². The molecule has 0 bridgehead atoms. The molecule has 4 aromatic rings. The Hall–Kier alpha value is -3.00. The van der Waals surface area contributed by atoms with Crippen LogP contribution in [0.2, 0.25) is 10.0 Å². The summed E-state index contributed by atoms with van der Waals surface area (Å²) < 4.78 is 14.3. The average molecular weight is 597 g/mol. The number of aryl methyl sites for hydroxylation is 1. The van der Waals surface area contributed by atoms with Crippen LogP contribution in [-0.2, 0) is 23.8 Å². The van der Waals surface area contributed by atoms with E-state index in [1.54, 1.807) is 0 Å². The van der Waals surface area contributed by atoms with Gasteiger partial charge in [0, 0.05) is 59.4 Å². The Morgan fingerprint density at radius 3 is 2.39 bits per heavy atom. The molecule has 0 atom stereocenters. The molecular formula is C32H35Cl2N3O4. The molecule has 9 heteroatoms. The first kappa shape index (κ1) is 28.1. The normalized spacial score (nSPS) is 16.6. The largest absolute Gasteiger partial charge is 0.478 e. The summed E-state index contributed by atoms with van der Waals surface area (Å²) in [6, 6.07) is 11.6. The fourth-order valence-electron chi connectivity index (χ4n) is 6.25. The van der Waals surface area contributed by atoms with E-state index < -0.39 is 5.97 Å². The number of halogens is 2. The molecule has 0 unspecified atom stereocenters. The number of aromatic carboxylic acids is 1. The van der Waals surface area contributed by atoms with Crippen LogP contribution in [0.15, 0.2) is 40.9 Å². The number of hydrogen-bond acceptors (Lipinski definition) is 5. The minimum absolute atomic E-state index is 0.104. The lowest BCUT2D eigenvalue weighted by Gasteiger charge is -2.33. The topological polar surface area (TPSA) is 80.7 Å². The zero-order valence-electron chi connectivity index (χ0n) is 23.8. The van der Waals surface area contributed by atoms with Gasteiger partial charge in [0.1, 0.15) is 11.5 Å². The van der Waals surface area contributed by atoms with E-state index in [1.807, 2.05) is 41.9 Å². The van der Waals surface area contributed by atoms with E-state index in [0.717, 1.165) is 72.4 Å². The SMILES string of the molecule is Cn1c(C(C)(C)C)c(C(=O)O)c2ccc(N3CCC(OCc4c(-c5c(Cl)cccc5Cl)noc4C4CC4)CC3)cc21. The predicted molar refractivity (Wildman–Crippen MR) is 163 cm³/mol. The van der Waals surface area contributed by atoms with Crippen molar-refractivity contribution >= 4 is 45.8 Å². The van der Waals surface area contributed by atoms with Crippen LogP contribution < -0.4 is 4.90 Å². The Balaban J connectivity index is 1.18. The maximum Gasteiger partial charge on any atom is 0.338 e. The van der Waals surface area contributed by atoms with Crippen molar-refractivity contribution < 1.29 is 19.2 Å². The highest BCUT2D eigenvalue weighted by molar-refractivity contribution is 6.39. The van der Waals surface area contributed by atoms with Gasteiger partial charge in [-0.15, -0.1) is 0 Å². The molecule has 2 aromatic carbocycles. The highest BCUT2D eigenvalue weighted by atomic mass is 35.5. The van der Waals surface area contributed by atoms with Crippen LogP contribution in [0, 0.1) is 0 Å². The second-order valence-electron chi connectivity index (χ2n) is 12.3. The summed E-state index contributed by atoms with van der Waals surface area (Å²) in [5.74, 6) is 0.384. The Labute approximate surface area is 250 Å². The molecule has 216 valence electrons. The molecule has 6 rings (SSSR count). The Bertz CT molecular complexity index is 1600. The molecule has 2 aromatic heterocycles. The van der Waals surface area contributed by atoms with Gasteiger partial charge in [-0.1, -0.05) is 55.2 Å². The summed E-state index contributed by atoms with van der Waals surface area (Å²) in [6.07, 6.45) is 4.04. The third-order valence-electron chi connectivity index (χ3n) is 8.35. The molecule has 0 spiro atoms. The third-order valence-corrected chi connectivity index (χ3v) is 8.98. The lowest BCUT2D eigenvalue weighted by Crippen LogP contribution is -2.37. The van der Waals surface area contributed by atoms with Gasteiger partial charge in [0.15, 0.2) is 0 Å². The van der Waals surface area contributed by atoms with Gasteiger partial charge in [0.2, 0.25) is 0 Å². The fourth-order valence-corrected chi connectivity index (χ4v) is 6.82. The van der Waals surface area contributed by atoms with Crippen molar-refractivity contribution in [3.63, 3.8) is 0 Å². The quantitative estimate of drug-likeness (QED) is 0.232. The number of hydrogen-bond donors (Lipinski definition) is 1. The number of aromatic nitrogens is 2. The number of carboxylic acid groups (broad SMARTS) is 1. The minimum Gasteiger partial charge on any atom is -0.478 e. The summed E-state index contributed by atoms with van der Waals surface area (Å²) in [4.78, 5) is 14.6. The molecule has 1 aliphatic heterocycles. The maximum absolute atomic E-state index is 12.2. The molecule has 1 saturated heterocycles. The van der Waals surface area contributed by atoms with E-state index in [0.29, 0.717) is 39.4 Å². The van der Waals surface area contributed by atoms with E-state index in [1.165, 1.54) is 0 Å². The monoisotopic (exact) mass is 595 g/mol. The summed E-state index contributed by atoms with van der Waals surface area (Å²) in [6.45, 7) is 8.26. The molecule has 0 amide bonds. The molecule has 2 fully saturated rings. The number of rotatable bonds is 7. The standard InChI is InChI=1S/C32H35Cl2N3O4/c1-32(2,3)30-26(31(38)39)21-11-10-19(16-25(21)36(30)4)37-14-12-20(13-15-37)40-17-22-28(35-41-29(22)18-8-9-18)27-23(33)6-5-7-24(27)34/h5-7,10-11,16,18,20H,8-9,12-15,17H2,1-4H3,(H,38,39). The van der Waals surface area contributed by atoms with Crippen LogP contribution in [0.25, 0.3) is 22.2 Å². The molecule has 1 saturated carbocycles. The van der Waals surface area contributed by atoms with Gasteiger partial charge in [-0.3, -0.25) is 0 Å². The molecule has 0 radical (unpaired) electrons. The number of nitrogens with zero attached hydrogens (tertiary/aromatic N) is 3. The van der Waals surface area contributed by atoms with Gasteiger partial charge in [-0.05, 0) is 56.0 Å². The minimum atomic E-state index is -0.885. The van der Waals surface area contributed by atoms with Crippen molar-refractivity contribution in [3.05, 3.63) is 69.0 Å². The second-order valence-corrected chi connectivity index (χ2v) is 13.1. The third kappa shape index (κ3) is 5.24. The Morgan fingerprint density at radius 1 is 1.10 bits per heavy atom. The zero-order valence-corrected chi connectivity index (χ0v) is 25.3. The van der Waals surface area contributed by atoms with E-state index in [9.17, 15) is 9.90 Å². The summed E-state index contributed by atoms with van der Waals surface area (Å²) in [5, 5.41) is 16.3. The predicted octanol–water partition coefficient (Wildman–Crippen LogP) is 8.20. The van der Waals surface area contributed by atoms with Crippen LogP contribution in [0.3, 0.4) is 0 Å². The van der Waals surface area contributed by atoms with Crippen LogP contribution in [0.1, 0.15) is 79.7 Å². The number of carboxylic acids is 1. The van der Waals surface area contributed by atoms with Gasteiger partial charge in [-0.25, -0.2) is 4.79 Å². The van der Waals surface area contributed by atoms with Gasteiger partial charge in [-0.2, -0.15) is 0 Å². The van der Waals surface area contributed by atoms with Crippen molar-refractivity contribution in [3.8, 4) is 11.3 Å². The highest BCUT2D eigenvalue weighted by Gasteiger charge is 2.34. The van der Waals surface area contributed by atoms with Crippen LogP contribution in [0.4, 0.5) is 5.69 Å². The average Bonchev–Trinajstić information content (AvgIpc) is 3.61. The van der Waals surface area contributed by atoms with Crippen molar-refractivity contribution in [2.75, 3.05) is 18.0 Å². The second kappa shape index (κ2) is 10.7. The van der Waals surface area contributed by atoms with Gasteiger partial charge in [0.25, 0.3) is 0 Å². The molecule has 1 aliphatic carbocycles. The summed E-state index contributed by atoms with van der Waals surface area (Å²) in [5.41, 5.74) is 5.28. The van der Waals surface area contributed by atoms with Gasteiger partial charge in [0.05, 0.1) is 33.8 Å². The van der Waals surface area contributed by atoms with Crippen LogP contribution in [0.5, 0.6) is 0 Å². The van der Waals surface area contributed by atoms with Crippen molar-refractivity contribution in [1.29, 1.82) is 0 Å². The van der Waals surface area contributed by atoms with Crippen LogP contribution in [-0.4, -0.2) is 40.0 Å². The zero-order chi connectivity index (χ0) is 29.1. The maximum atomic E-state index is 12.2. The Kier molecular flexibility index (Phi) is 7.33. The first-order valence-electron chi connectivity index (χ1n) is 14.2. The number of fused-ring (bicyclic) bond motifs is 1. The molecule has 3 heterocycles. The smallest absolute Gasteiger partial charge is 0.338 e. The lowest BCUT2D eigenvalue weighted by molar-refractivity contribution is 0.0246. The Morgan fingerprint density at radius 2 is 1.78 bits per heavy atom. The van der Waals surface area contributed by atoms with Crippen molar-refractivity contribution in [2.45, 2.75) is 70.5 Å². The van der Waals surface area contributed by atoms with Crippen molar-refractivity contribution in [1.82, 2.24) is 9.72 Å². The van der Waals surface area contributed by atoms with Crippen molar-refractivity contribution in [2.24, 2.45) is 7.05 Å². The van der Waals surface area contributed by atoms with E-state index >= 15 is 0 Å². The van der Waals surface area contributed by atoms with Crippen LogP contribution >= 0.6 is 23.2 Å². The number of piperidine rings is 1. The molecule has 1 N–H and O–H groups in total. The van der Waals surface area contributed by atoms with E-state index in [2.05, 4.69) is 36.9 Å². The summed E-state index contributed by atoms with van der Waals surface area (Å²) >= 11 is 13.0. The number of ether oxygens (including phenoxy) is 1. The number of benzene rings is 2. The summed E-state index contributed by atoms with van der Waals surface area (Å²) in [7, 11) is 1.96. The van der Waals surface area contributed by atoms with Gasteiger partial charge < -0.3 is 23.8 Å². The molecule has 7 nitrogen and oxygen atoms in total. The fraction of sp³-hybridized carbons (Fsp3) is 0.438. The first-order chi connectivity index (χ1) is 19.5. The molecule has 41 heavy (non-hydrogen) atoms. The first-order valence-corrected chi connectivity index (χ1v) is 15.0. The van der Waals surface area contributed by atoms with E-state index in [4.69, 9.17) is 32.5 Å². The number of anilines is 1. The van der Waals surface area contributed by atoms with Gasteiger partial charge >= 0.3 is 5.97 Å². The molecular weight excluding hydrogens is 561 g/mol.